The summed E-state index contributed by atoms with van der Waals surface area (Å²) >= 11 is 0. The van der Waals surface area contributed by atoms with Gasteiger partial charge in [0, 0.05) is 35.5 Å². The molecule has 12 aliphatic carbocycles. The molecule has 0 aromatic carbocycles. The van der Waals surface area contributed by atoms with Crippen LogP contribution in [0, 0.1) is 69.5 Å². The largest absolute Gasteiger partial charge is 0.465 e. The Morgan fingerprint density at radius 2 is 0.781 bits per heavy atom. The highest BCUT2D eigenvalue weighted by Gasteiger charge is 2.74. The maximum absolute atomic E-state index is 14.6. The van der Waals surface area contributed by atoms with Gasteiger partial charge in [-0.2, -0.15) is 52.3 Å². The normalized spacial score (nSPS) is 46.5. The van der Waals surface area contributed by atoms with Gasteiger partial charge in [0.2, 0.25) is 0 Å². The van der Waals surface area contributed by atoms with Crippen molar-refractivity contribution in [2.45, 2.75) is 148 Å². The lowest BCUT2D eigenvalue weighted by Crippen LogP contribution is -2.70. The summed E-state index contributed by atoms with van der Waals surface area (Å²) in [4.78, 5) is 41.8. The van der Waals surface area contributed by atoms with Crippen LogP contribution in [0.4, 0.5) is 43.9 Å². The summed E-state index contributed by atoms with van der Waals surface area (Å²) in [7, 11) is -6.16. The van der Waals surface area contributed by atoms with Crippen molar-refractivity contribution < 1.29 is 114 Å². The van der Waals surface area contributed by atoms with Crippen LogP contribution < -0.4 is 0 Å². The van der Waals surface area contributed by atoms with Gasteiger partial charge in [-0.15, -0.1) is 0 Å². The summed E-state index contributed by atoms with van der Waals surface area (Å²) in [6.45, 7) is -7.76. The Morgan fingerprint density at radius 3 is 1.11 bits per heavy atom. The van der Waals surface area contributed by atoms with Gasteiger partial charge < -0.3 is 42.6 Å². The van der Waals surface area contributed by atoms with Crippen molar-refractivity contribution in [3.8, 4) is 0 Å². The number of esters is 3. The van der Waals surface area contributed by atoms with E-state index in [1.165, 1.54) is 0 Å². The minimum absolute atomic E-state index is 0.0251. The summed E-state index contributed by atoms with van der Waals surface area (Å²) in [5, 5.41) is -5.23. The van der Waals surface area contributed by atoms with E-state index in [4.69, 9.17) is 47.2 Å². The molecule has 1 N–H and O–H groups in total. The summed E-state index contributed by atoms with van der Waals surface area (Å²) < 4.78 is 231. The molecule has 15 aliphatic rings. The van der Waals surface area contributed by atoms with Crippen molar-refractivity contribution in [2.75, 3.05) is 52.9 Å². The molecule has 410 valence electrons. The molecule has 3 aliphatic heterocycles. The van der Waals surface area contributed by atoms with E-state index in [9.17, 15) is 66.7 Å². The average molecular weight is 1080 g/mol. The summed E-state index contributed by atoms with van der Waals surface area (Å²) in [5.74, 6) is -31.1. The molecule has 0 amide bonds. The summed E-state index contributed by atoms with van der Waals surface area (Å²) in [5.41, 5.74) is -5.34. The second-order valence-corrected chi connectivity index (χ2v) is 26.0. The molecule has 0 aromatic heterocycles. The van der Waals surface area contributed by atoms with Crippen molar-refractivity contribution in [3.63, 3.8) is 0 Å². The molecule has 0 aromatic rings. The minimum atomic E-state index is -6.16. The van der Waals surface area contributed by atoms with Gasteiger partial charge in [-0.3, -0.25) is 14.1 Å². The van der Waals surface area contributed by atoms with Crippen molar-refractivity contribution >= 4 is 28.0 Å². The SMILES string of the molecule is O=C(OCC1(COC(=O)C23CC4CC(C2)C2(OCC(F)(F)C(F)(F)CO2)C(C4)C3)COC2(OC1)C1CC3CC2CC(OC(=O)C(F)(F)S(=O)(=O)O)(C3)C1)C12CC3CC(C1)C1(OCC(F)(F)C(F)(F)CO1)C(C3)C2. The van der Waals surface area contributed by atoms with Crippen LogP contribution in [-0.2, 0) is 67.1 Å². The van der Waals surface area contributed by atoms with E-state index in [0.29, 0.717) is 51.4 Å². The van der Waals surface area contributed by atoms with Gasteiger partial charge in [0.15, 0.2) is 17.4 Å². The third-order valence-corrected chi connectivity index (χ3v) is 20.7. The van der Waals surface area contributed by atoms with Crippen molar-refractivity contribution in [2.24, 2.45) is 69.5 Å². The Hall–Kier alpha value is -2.62. The van der Waals surface area contributed by atoms with E-state index in [-0.39, 0.29) is 75.9 Å². The molecule has 15 nitrogen and oxygen atoms in total. The van der Waals surface area contributed by atoms with Crippen molar-refractivity contribution in [3.05, 3.63) is 0 Å². The zero-order chi connectivity index (χ0) is 52.1. The number of halogens is 10. The topological polar surface area (TPSA) is 189 Å². The fourth-order valence-corrected chi connectivity index (χ4v) is 17.2. The standard InChI is InChI=1S/C47H56F10O15S/c48-40(49)20-68-44(69-21-41(40,50)51)27-1-24-2-28(44)11-37(7-24,10-27)33(58)64-16-36(17-65-34(59)38-8-25-3-29(12-38)45(30(4-25)13-38)70-22-42(52,53)43(54,55)23-71-45)18-66-46(67-19-36)31-5-26-6-32(46)15-39(9-26,14-31)72-35(60)47(56,57)73(61,62)63/h24-32H,1-23H2,(H,61,62,63). The Kier molecular flexibility index (Phi) is 11.1. The first-order chi connectivity index (χ1) is 33.9. The second kappa shape index (κ2) is 15.8. The average Bonchev–Trinajstić information content (AvgIpc) is 3.46. The zero-order valence-electron chi connectivity index (χ0n) is 39.3. The Bertz CT molecular complexity index is 2240. The number of carbonyl (C=O) groups excluding carboxylic acids is 3. The quantitative estimate of drug-likeness (QED) is 0.107. The van der Waals surface area contributed by atoms with Crippen LogP contribution in [0.15, 0.2) is 0 Å². The van der Waals surface area contributed by atoms with E-state index < -0.39 is 171 Å². The second-order valence-electron chi connectivity index (χ2n) is 24.5. The van der Waals surface area contributed by atoms with Gasteiger partial charge in [0.25, 0.3) is 0 Å². The van der Waals surface area contributed by atoms with Gasteiger partial charge in [-0.25, -0.2) is 4.79 Å². The molecule has 26 heteroatoms. The molecule has 12 bridgehead atoms. The maximum atomic E-state index is 14.6. The van der Waals surface area contributed by atoms with Crippen LogP contribution >= 0.6 is 0 Å². The molecule has 3 spiro atoms. The lowest BCUT2D eigenvalue weighted by molar-refractivity contribution is -0.397. The molecule has 73 heavy (non-hydrogen) atoms. The zero-order valence-corrected chi connectivity index (χ0v) is 40.1. The van der Waals surface area contributed by atoms with Crippen molar-refractivity contribution in [1.82, 2.24) is 0 Å². The molecular weight excluding hydrogens is 1030 g/mol. The number of alkyl halides is 10. The fourth-order valence-electron chi connectivity index (χ4n) is 17.0. The van der Waals surface area contributed by atoms with Crippen LogP contribution in [0.2, 0.25) is 0 Å². The van der Waals surface area contributed by atoms with Crippen LogP contribution in [0.5, 0.6) is 0 Å². The lowest BCUT2D eigenvalue weighted by atomic mass is 9.47. The first-order valence-electron chi connectivity index (χ1n) is 25.1. The monoisotopic (exact) mass is 1080 g/mol. The van der Waals surface area contributed by atoms with Gasteiger partial charge >= 0.3 is 57.0 Å². The molecule has 15 fully saturated rings. The number of hydrogen-bond acceptors (Lipinski definition) is 14. The van der Waals surface area contributed by atoms with Gasteiger partial charge in [-0.1, -0.05) is 0 Å². The predicted molar refractivity (Wildman–Crippen MR) is 219 cm³/mol. The van der Waals surface area contributed by atoms with Crippen LogP contribution in [0.25, 0.3) is 0 Å². The number of rotatable bonds is 9. The van der Waals surface area contributed by atoms with E-state index >= 15 is 0 Å². The Balaban J connectivity index is 0.780. The summed E-state index contributed by atoms with van der Waals surface area (Å²) in [6.07, 6.45) is 3.18. The lowest BCUT2D eigenvalue weighted by Gasteiger charge is -2.65. The molecule has 15 rings (SSSR count). The molecule has 6 atom stereocenters. The van der Waals surface area contributed by atoms with E-state index in [0.717, 1.165) is 0 Å². The highest BCUT2D eigenvalue weighted by atomic mass is 32.2. The first kappa shape index (κ1) is 51.2. The molecule has 6 unspecified atom stereocenters. The predicted octanol–water partition coefficient (Wildman–Crippen LogP) is 7.08. The van der Waals surface area contributed by atoms with Crippen LogP contribution in [0.1, 0.15) is 96.3 Å². The van der Waals surface area contributed by atoms with Gasteiger partial charge in [-0.05, 0) is 114 Å². The smallest absolute Gasteiger partial charge is 0.464 e. The summed E-state index contributed by atoms with van der Waals surface area (Å²) in [6, 6.07) is 0. The third kappa shape index (κ3) is 7.40. The Labute approximate surface area is 411 Å². The number of carbonyl (C=O) groups is 3. The minimum Gasteiger partial charge on any atom is -0.464 e. The molecular formula is C47H56F10O15S. The maximum Gasteiger partial charge on any atom is 0.465 e. The van der Waals surface area contributed by atoms with E-state index in [2.05, 4.69) is 0 Å². The van der Waals surface area contributed by atoms with Gasteiger partial charge in [0.05, 0.1) is 29.5 Å². The molecule has 0 radical (unpaired) electrons. The molecule has 12 saturated carbocycles. The van der Waals surface area contributed by atoms with E-state index in [1.807, 2.05) is 0 Å². The van der Waals surface area contributed by atoms with E-state index in [1.54, 1.807) is 0 Å². The van der Waals surface area contributed by atoms with Crippen LogP contribution in [0.3, 0.4) is 0 Å². The molecule has 3 heterocycles. The number of hydrogen-bond donors (Lipinski definition) is 1. The highest BCUT2D eigenvalue weighted by molar-refractivity contribution is 7.87. The highest BCUT2D eigenvalue weighted by Crippen LogP contribution is 2.69. The fraction of sp³-hybridized carbons (Fsp3) is 0.936. The molecule has 3 saturated heterocycles. The number of ether oxygens (including phenoxy) is 9. The van der Waals surface area contributed by atoms with Crippen molar-refractivity contribution in [1.29, 1.82) is 0 Å². The first-order valence-corrected chi connectivity index (χ1v) is 26.6. The Morgan fingerprint density at radius 1 is 0.479 bits per heavy atom. The van der Waals surface area contributed by atoms with Gasteiger partial charge in [0.1, 0.15) is 45.2 Å². The van der Waals surface area contributed by atoms with Crippen LogP contribution in [-0.4, -0.2) is 136 Å². The third-order valence-electron chi connectivity index (χ3n) is 19.9.